The molecule has 3 aromatic heterocycles. The first-order valence-corrected chi connectivity index (χ1v) is 19.1. The quantitative estimate of drug-likeness (QED) is 0.193. The number of thiophene rings is 2. The third-order valence-corrected chi connectivity index (χ3v) is 12.9. The predicted molar refractivity (Wildman–Crippen MR) is 217 cm³/mol. The highest BCUT2D eigenvalue weighted by Gasteiger charge is 2.31. The summed E-state index contributed by atoms with van der Waals surface area (Å²) >= 11 is 3.70. The molecule has 0 bridgehead atoms. The zero-order valence-electron chi connectivity index (χ0n) is 27.5. The van der Waals surface area contributed by atoms with E-state index in [2.05, 4.69) is 156 Å². The number of rotatable bonds is 4. The standard InChI is InChI=1S/C45H31N3OS2/c1-2-11-26(12-3-1)43-46-44(27-23-24-39-36(25-27)29-14-5-6-21-37(29)50-39)48-45(47-43)35-20-9-16-31-30-15-8-17-32(40(30)49-41(31)35)34-19-10-18-33-28-13-4-7-22-38(28)51-42(33)34/h1-11,13-26,43-44,46H,12H2,(H,47,48). The monoisotopic (exact) mass is 693 g/mol. The van der Waals surface area contributed by atoms with Crippen molar-refractivity contribution < 1.29 is 4.42 Å². The lowest BCUT2D eigenvalue weighted by Crippen LogP contribution is -2.54. The van der Waals surface area contributed by atoms with E-state index in [-0.39, 0.29) is 18.2 Å². The number of nitrogens with zero attached hydrogens (tertiary/aromatic N) is 1. The van der Waals surface area contributed by atoms with Crippen LogP contribution in [0.15, 0.2) is 155 Å². The average Bonchev–Trinajstić information content (AvgIpc) is 3.89. The molecule has 2 aliphatic rings. The molecule has 0 saturated heterocycles. The van der Waals surface area contributed by atoms with Gasteiger partial charge >= 0.3 is 0 Å². The molecule has 6 aromatic carbocycles. The van der Waals surface area contributed by atoms with Gasteiger partial charge in [0.15, 0.2) is 0 Å². The SMILES string of the molecule is C1=CCC(C2NC(c3cccc4c3oc3c(-c5cccc6c5sc5ccccc56)cccc34)=NC(c3ccc4sc5ccccc5c4c3)N2)C=C1. The van der Waals surface area contributed by atoms with Crippen molar-refractivity contribution >= 4 is 90.8 Å². The highest BCUT2D eigenvalue weighted by atomic mass is 32.1. The summed E-state index contributed by atoms with van der Waals surface area (Å²) in [6, 6.07) is 43.8. The Bertz CT molecular complexity index is 2940. The molecular weight excluding hydrogens is 663 g/mol. The van der Waals surface area contributed by atoms with Crippen LogP contribution < -0.4 is 10.6 Å². The summed E-state index contributed by atoms with van der Waals surface area (Å²) < 4.78 is 12.2. The van der Waals surface area contributed by atoms with Crippen molar-refractivity contribution in [1.82, 2.24) is 10.6 Å². The van der Waals surface area contributed by atoms with Crippen molar-refractivity contribution in [3.8, 4) is 11.1 Å². The maximum Gasteiger partial charge on any atom is 0.146 e. The molecule has 0 fully saturated rings. The molecule has 1 aliphatic heterocycles. The molecule has 6 heteroatoms. The van der Waals surface area contributed by atoms with E-state index in [0.717, 1.165) is 50.9 Å². The van der Waals surface area contributed by atoms with Crippen LogP contribution in [0.4, 0.5) is 0 Å². The molecule has 0 spiro atoms. The van der Waals surface area contributed by atoms with E-state index in [1.807, 2.05) is 22.7 Å². The lowest BCUT2D eigenvalue weighted by atomic mass is 9.95. The Morgan fingerprint density at radius 2 is 1.25 bits per heavy atom. The first-order valence-electron chi connectivity index (χ1n) is 17.5. The summed E-state index contributed by atoms with van der Waals surface area (Å²) in [6.45, 7) is 0. The third-order valence-electron chi connectivity index (χ3n) is 10.5. The van der Waals surface area contributed by atoms with Crippen LogP contribution in [0, 0.1) is 5.92 Å². The molecular formula is C45H31N3OS2. The number of allylic oxidation sites excluding steroid dienone is 3. The van der Waals surface area contributed by atoms with Crippen LogP contribution in [0.25, 0.3) is 73.4 Å². The molecule has 11 rings (SSSR count). The van der Waals surface area contributed by atoms with Gasteiger partial charge < -0.3 is 9.73 Å². The molecule has 4 nitrogen and oxygen atoms in total. The third kappa shape index (κ3) is 4.64. The van der Waals surface area contributed by atoms with Crippen molar-refractivity contribution in [3.63, 3.8) is 0 Å². The Kier molecular flexibility index (Phi) is 6.59. The molecule has 3 atom stereocenters. The Hall–Kier alpha value is -5.53. The molecule has 0 radical (unpaired) electrons. The number of hydrogen-bond donors (Lipinski definition) is 2. The molecule has 2 N–H and O–H groups in total. The van der Waals surface area contributed by atoms with Crippen LogP contribution in [-0.4, -0.2) is 12.0 Å². The van der Waals surface area contributed by atoms with E-state index in [1.165, 1.54) is 45.9 Å². The molecule has 0 saturated carbocycles. The Morgan fingerprint density at radius 1 is 0.588 bits per heavy atom. The van der Waals surface area contributed by atoms with Gasteiger partial charge in [-0.1, -0.05) is 115 Å². The number of hydrogen-bond acceptors (Lipinski definition) is 6. The highest BCUT2D eigenvalue weighted by Crippen LogP contribution is 2.44. The summed E-state index contributed by atoms with van der Waals surface area (Å²) in [5, 5.41) is 15.1. The van der Waals surface area contributed by atoms with Crippen LogP contribution in [0.2, 0.25) is 0 Å². The minimum Gasteiger partial charge on any atom is -0.455 e. The van der Waals surface area contributed by atoms with E-state index >= 15 is 0 Å². The van der Waals surface area contributed by atoms with Crippen LogP contribution in [-0.2, 0) is 0 Å². The zero-order chi connectivity index (χ0) is 33.5. The lowest BCUT2D eigenvalue weighted by molar-refractivity contribution is 0.328. The van der Waals surface area contributed by atoms with Gasteiger partial charge in [0.2, 0.25) is 0 Å². The number of aliphatic imine (C=N–C) groups is 1. The second-order valence-corrected chi connectivity index (χ2v) is 15.6. The number of furan rings is 1. The fourth-order valence-electron chi connectivity index (χ4n) is 8.05. The number of para-hydroxylation sites is 2. The highest BCUT2D eigenvalue weighted by molar-refractivity contribution is 7.26. The van der Waals surface area contributed by atoms with E-state index in [0.29, 0.717) is 0 Å². The van der Waals surface area contributed by atoms with Crippen LogP contribution in [0.3, 0.4) is 0 Å². The largest absolute Gasteiger partial charge is 0.455 e. The lowest BCUT2D eigenvalue weighted by Gasteiger charge is -2.35. The molecule has 1 aliphatic carbocycles. The molecule has 4 heterocycles. The number of amidine groups is 1. The van der Waals surface area contributed by atoms with Gasteiger partial charge in [0.1, 0.15) is 23.2 Å². The fraction of sp³-hybridized carbons (Fsp3) is 0.0889. The minimum absolute atomic E-state index is 0.0145. The zero-order valence-corrected chi connectivity index (χ0v) is 29.1. The van der Waals surface area contributed by atoms with Crippen molar-refractivity contribution in [3.05, 3.63) is 157 Å². The summed E-state index contributed by atoms with van der Waals surface area (Å²) in [5.41, 5.74) is 6.20. The maximum atomic E-state index is 7.00. The smallest absolute Gasteiger partial charge is 0.146 e. The Labute approximate surface area is 302 Å². The van der Waals surface area contributed by atoms with E-state index in [9.17, 15) is 0 Å². The maximum absolute atomic E-state index is 7.00. The number of nitrogens with one attached hydrogen (secondary N) is 2. The van der Waals surface area contributed by atoms with Crippen LogP contribution >= 0.6 is 22.7 Å². The number of benzene rings is 6. The molecule has 9 aromatic rings. The predicted octanol–water partition coefficient (Wildman–Crippen LogP) is 12.1. The molecule has 3 unspecified atom stereocenters. The van der Waals surface area contributed by atoms with Gasteiger partial charge in [-0.2, -0.15) is 0 Å². The van der Waals surface area contributed by atoms with Crippen LogP contribution in [0.5, 0.6) is 0 Å². The van der Waals surface area contributed by atoms with Gasteiger partial charge in [-0.15, -0.1) is 22.7 Å². The van der Waals surface area contributed by atoms with Gasteiger partial charge in [0, 0.05) is 68.2 Å². The van der Waals surface area contributed by atoms with Gasteiger partial charge in [0.05, 0.1) is 11.7 Å². The fourth-order valence-corrected chi connectivity index (χ4v) is 10.4. The summed E-state index contributed by atoms with van der Waals surface area (Å²) in [5.74, 6) is 1.12. The van der Waals surface area contributed by atoms with Crippen molar-refractivity contribution in [2.75, 3.05) is 0 Å². The van der Waals surface area contributed by atoms with Crippen molar-refractivity contribution in [1.29, 1.82) is 0 Å². The molecule has 244 valence electrons. The van der Waals surface area contributed by atoms with Gasteiger partial charge in [-0.05, 0) is 42.3 Å². The normalized spacial score (nSPS) is 19.1. The second kappa shape index (κ2) is 11.5. The number of fused-ring (bicyclic) bond motifs is 9. The second-order valence-electron chi connectivity index (χ2n) is 13.5. The van der Waals surface area contributed by atoms with Crippen LogP contribution in [0.1, 0.15) is 23.7 Å². The van der Waals surface area contributed by atoms with Gasteiger partial charge in [0.25, 0.3) is 0 Å². The first kappa shape index (κ1) is 29.2. The summed E-state index contributed by atoms with van der Waals surface area (Å²) in [6.07, 6.45) is 9.54. The minimum atomic E-state index is -0.227. The van der Waals surface area contributed by atoms with E-state index in [1.54, 1.807) is 0 Å². The molecule has 51 heavy (non-hydrogen) atoms. The van der Waals surface area contributed by atoms with Crippen molar-refractivity contribution in [2.24, 2.45) is 10.9 Å². The Morgan fingerprint density at radius 3 is 2.06 bits per heavy atom. The topological polar surface area (TPSA) is 49.6 Å². The Balaban J connectivity index is 1.08. The van der Waals surface area contributed by atoms with Gasteiger partial charge in [-0.3, -0.25) is 5.32 Å². The average molecular weight is 694 g/mol. The first-order chi connectivity index (χ1) is 25.3. The summed E-state index contributed by atoms with van der Waals surface area (Å²) in [7, 11) is 0. The van der Waals surface area contributed by atoms with E-state index in [4.69, 9.17) is 9.41 Å². The van der Waals surface area contributed by atoms with Gasteiger partial charge in [-0.25, -0.2) is 4.99 Å². The van der Waals surface area contributed by atoms with E-state index < -0.39 is 0 Å². The summed E-state index contributed by atoms with van der Waals surface area (Å²) in [4.78, 5) is 5.40. The molecule has 0 amide bonds. The van der Waals surface area contributed by atoms with Crippen molar-refractivity contribution in [2.45, 2.75) is 18.8 Å².